The molecule has 5 rings (SSSR count). The van der Waals surface area contributed by atoms with Crippen molar-refractivity contribution in [3.05, 3.63) is 161 Å². The van der Waals surface area contributed by atoms with Crippen LogP contribution in [0, 0.1) is 0 Å². The van der Waals surface area contributed by atoms with Crippen molar-refractivity contribution in [2.45, 2.75) is 23.5 Å². The number of nitrogens with zero attached hydrogens (tertiary/aromatic N) is 1. The minimum Gasteiger partial charge on any atom is -0.321 e. The molecule has 1 atom stereocenters. The van der Waals surface area contributed by atoms with Crippen molar-refractivity contribution in [3.8, 4) is 0 Å². The highest BCUT2D eigenvalue weighted by Gasteiger charge is 2.26. The Morgan fingerprint density at radius 3 is 1.91 bits per heavy atom. The maximum atomic E-state index is 13.9. The zero-order valence-corrected chi connectivity index (χ0v) is 26.7. The molecule has 0 saturated heterocycles. The number of amides is 3. The summed E-state index contributed by atoms with van der Waals surface area (Å²) in [5, 5.41) is 5.77. The number of hydrogen-bond acceptors (Lipinski definition) is 4. The van der Waals surface area contributed by atoms with Gasteiger partial charge in [-0.1, -0.05) is 85.3 Å². The van der Waals surface area contributed by atoms with Gasteiger partial charge in [-0.3, -0.25) is 19.3 Å². The van der Waals surface area contributed by atoms with Crippen LogP contribution in [0.1, 0.15) is 29.3 Å². The molecule has 0 radical (unpaired) electrons. The van der Waals surface area contributed by atoms with Gasteiger partial charge in [-0.25, -0.2) is 0 Å². The largest absolute Gasteiger partial charge is 0.321 e. The molecule has 3 amide bonds. The van der Waals surface area contributed by atoms with Gasteiger partial charge in [0.1, 0.15) is 5.70 Å². The lowest BCUT2D eigenvalue weighted by Gasteiger charge is -2.27. The topological polar surface area (TPSA) is 78.5 Å². The third-order valence-corrected chi connectivity index (χ3v) is 8.57. The quantitative estimate of drug-likeness (QED) is 0.111. The van der Waals surface area contributed by atoms with E-state index in [0.717, 1.165) is 16.3 Å². The lowest BCUT2D eigenvalue weighted by Crippen LogP contribution is -2.34. The molecule has 0 saturated carbocycles. The average Bonchev–Trinajstić information content (AvgIpc) is 3.09. The maximum Gasteiger partial charge on any atom is 0.272 e. The summed E-state index contributed by atoms with van der Waals surface area (Å²) in [5.74, 6) is -0.925. The van der Waals surface area contributed by atoms with E-state index in [9.17, 15) is 14.4 Å². The number of nitrogens with one attached hydrogen (secondary N) is 2. The van der Waals surface area contributed by atoms with Gasteiger partial charge < -0.3 is 10.6 Å². The third kappa shape index (κ3) is 8.53. The van der Waals surface area contributed by atoms with Crippen LogP contribution in [-0.2, 0) is 9.59 Å². The van der Waals surface area contributed by atoms with E-state index in [1.165, 1.54) is 11.8 Å². The number of para-hydroxylation sites is 2. The molecule has 6 nitrogen and oxygen atoms in total. The van der Waals surface area contributed by atoms with E-state index in [1.54, 1.807) is 71.6 Å². The number of anilines is 3. The summed E-state index contributed by atoms with van der Waals surface area (Å²) >= 11 is 7.63. The summed E-state index contributed by atoms with van der Waals surface area (Å²) in [7, 11) is 0. The highest BCUT2D eigenvalue weighted by molar-refractivity contribution is 8.00. The summed E-state index contributed by atoms with van der Waals surface area (Å²) in [4.78, 5) is 42.9. The molecule has 0 spiro atoms. The summed E-state index contributed by atoms with van der Waals surface area (Å²) < 4.78 is 0. The molecule has 0 aliphatic carbocycles. The Labute approximate surface area is 278 Å². The van der Waals surface area contributed by atoms with Crippen molar-refractivity contribution >= 4 is 64.2 Å². The van der Waals surface area contributed by atoms with Crippen molar-refractivity contribution < 1.29 is 14.4 Å². The second-order valence-corrected chi connectivity index (χ2v) is 12.0. The second kappa shape index (κ2) is 15.8. The zero-order valence-electron chi connectivity index (χ0n) is 25.1. The maximum absolute atomic E-state index is 13.9. The minimum atomic E-state index is -0.493. The van der Waals surface area contributed by atoms with E-state index < -0.39 is 11.8 Å². The van der Waals surface area contributed by atoms with E-state index in [1.807, 2.05) is 85.8 Å². The average molecular weight is 646 g/mol. The molecule has 0 aliphatic heterocycles. The molecule has 8 heteroatoms. The predicted molar refractivity (Wildman–Crippen MR) is 188 cm³/mol. The monoisotopic (exact) mass is 645 g/mol. The Balaban J connectivity index is 1.31. The first-order chi connectivity index (χ1) is 22.4. The molecule has 46 heavy (non-hydrogen) atoms. The molecule has 0 aromatic heterocycles. The first kappa shape index (κ1) is 32.3. The van der Waals surface area contributed by atoms with Gasteiger partial charge >= 0.3 is 0 Å². The Bertz CT molecular complexity index is 1780. The number of carbonyl (C=O) groups is 3. The van der Waals surface area contributed by atoms with Crippen LogP contribution in [0.5, 0.6) is 0 Å². The first-order valence-electron chi connectivity index (χ1n) is 14.8. The summed E-state index contributed by atoms with van der Waals surface area (Å²) in [5.41, 5.74) is 3.29. The SMILES string of the molecule is CCC(Sc1ccc(NC(=O)/C(=C/c2cccc(Cl)c2)NC(=O)c2ccccc2)cc1)C(=O)N(c1ccccc1)c1ccccc1. The molecule has 1 unspecified atom stereocenters. The molecule has 5 aromatic rings. The number of hydrogen-bond donors (Lipinski definition) is 2. The van der Waals surface area contributed by atoms with Crippen molar-refractivity contribution in [2.24, 2.45) is 0 Å². The highest BCUT2D eigenvalue weighted by atomic mass is 35.5. The number of thioether (sulfide) groups is 1. The number of carbonyl (C=O) groups excluding carboxylic acids is 3. The van der Waals surface area contributed by atoms with E-state index in [0.29, 0.717) is 28.3 Å². The normalized spacial score (nSPS) is 11.7. The molecule has 0 bridgehead atoms. The van der Waals surface area contributed by atoms with E-state index in [4.69, 9.17) is 11.6 Å². The highest BCUT2D eigenvalue weighted by Crippen LogP contribution is 2.33. The van der Waals surface area contributed by atoms with Gasteiger partial charge in [0.15, 0.2) is 0 Å². The van der Waals surface area contributed by atoms with Crippen LogP contribution in [-0.4, -0.2) is 23.0 Å². The Hall–Kier alpha value is -5.11. The molecule has 5 aromatic carbocycles. The molecule has 2 N–H and O–H groups in total. The van der Waals surface area contributed by atoms with Gasteiger partial charge in [-0.05, 0) is 90.9 Å². The molecule has 0 aliphatic rings. The van der Waals surface area contributed by atoms with Crippen LogP contribution in [0.3, 0.4) is 0 Å². The van der Waals surface area contributed by atoms with Crippen LogP contribution in [0.4, 0.5) is 17.1 Å². The zero-order chi connectivity index (χ0) is 32.3. The number of rotatable bonds is 11. The fourth-order valence-electron chi connectivity index (χ4n) is 4.70. The lowest BCUT2D eigenvalue weighted by atomic mass is 10.1. The Kier molecular flexibility index (Phi) is 11.1. The Morgan fingerprint density at radius 2 is 1.35 bits per heavy atom. The molecular weight excluding hydrogens is 614 g/mol. The summed E-state index contributed by atoms with van der Waals surface area (Å²) in [6.07, 6.45) is 2.20. The third-order valence-electron chi connectivity index (χ3n) is 6.97. The van der Waals surface area contributed by atoms with Gasteiger partial charge in [0.25, 0.3) is 11.8 Å². The fraction of sp³-hybridized carbons (Fsp3) is 0.0789. The molecule has 230 valence electrons. The van der Waals surface area contributed by atoms with Crippen molar-refractivity contribution in [3.63, 3.8) is 0 Å². The van der Waals surface area contributed by atoms with Crippen molar-refractivity contribution in [2.75, 3.05) is 10.2 Å². The molecule has 0 fully saturated rings. The predicted octanol–water partition coefficient (Wildman–Crippen LogP) is 8.99. The number of halogens is 1. The summed E-state index contributed by atoms with van der Waals surface area (Å²) in [6.45, 7) is 2.00. The number of benzene rings is 5. The van der Waals surface area contributed by atoms with Crippen molar-refractivity contribution in [1.29, 1.82) is 0 Å². The standard InChI is InChI=1S/C38H32ClN3O3S/c1-2-35(38(45)42(31-17-8-4-9-18-31)32-19-10-5-11-20-32)46-33-23-21-30(22-24-33)40-37(44)34(26-27-13-12-16-29(39)25-27)41-36(43)28-14-6-3-7-15-28/h3-26,35H,2H2,1H3,(H,40,44)(H,41,43)/b34-26-. The van der Waals surface area contributed by atoms with Crippen LogP contribution in [0.25, 0.3) is 6.08 Å². The van der Waals surface area contributed by atoms with E-state index in [-0.39, 0.29) is 16.9 Å². The molecular formula is C38H32ClN3O3S. The van der Waals surface area contributed by atoms with Gasteiger partial charge in [0, 0.05) is 32.5 Å². The second-order valence-electron chi connectivity index (χ2n) is 10.3. The van der Waals surface area contributed by atoms with Crippen LogP contribution < -0.4 is 15.5 Å². The van der Waals surface area contributed by atoms with Crippen molar-refractivity contribution in [1.82, 2.24) is 5.32 Å². The van der Waals surface area contributed by atoms with E-state index >= 15 is 0 Å². The van der Waals surface area contributed by atoms with Gasteiger partial charge in [-0.15, -0.1) is 11.8 Å². The minimum absolute atomic E-state index is 0.0211. The fourth-order valence-corrected chi connectivity index (χ4v) is 5.89. The first-order valence-corrected chi connectivity index (χ1v) is 16.0. The van der Waals surface area contributed by atoms with Crippen LogP contribution >= 0.6 is 23.4 Å². The Morgan fingerprint density at radius 1 is 0.761 bits per heavy atom. The smallest absolute Gasteiger partial charge is 0.272 e. The van der Waals surface area contributed by atoms with Gasteiger partial charge in [0.05, 0.1) is 5.25 Å². The molecule has 0 heterocycles. The lowest BCUT2D eigenvalue weighted by molar-refractivity contribution is -0.117. The van der Waals surface area contributed by atoms with Crippen LogP contribution in [0.15, 0.2) is 150 Å². The van der Waals surface area contributed by atoms with Gasteiger partial charge in [0.2, 0.25) is 5.91 Å². The van der Waals surface area contributed by atoms with Crippen LogP contribution in [0.2, 0.25) is 5.02 Å². The summed E-state index contributed by atoms with van der Waals surface area (Å²) in [6, 6.07) is 42.2. The van der Waals surface area contributed by atoms with E-state index in [2.05, 4.69) is 10.6 Å². The van der Waals surface area contributed by atoms with Gasteiger partial charge in [-0.2, -0.15) is 0 Å².